The molecule has 0 fully saturated rings. The third-order valence-electron chi connectivity index (χ3n) is 10.5. The summed E-state index contributed by atoms with van der Waals surface area (Å²) in [6, 6.07) is 16.6. The maximum atomic E-state index is 14.0. The van der Waals surface area contributed by atoms with E-state index in [1.54, 1.807) is 6.20 Å². The summed E-state index contributed by atoms with van der Waals surface area (Å²) < 4.78 is 20.3. The van der Waals surface area contributed by atoms with Gasteiger partial charge in [0.2, 0.25) is 23.6 Å². The molecule has 3 aromatic heterocycles. The zero-order valence-corrected chi connectivity index (χ0v) is 27.3. The third-order valence-corrected chi connectivity index (χ3v) is 10.5. The molecular weight excluding hydrogens is 636 g/mol. The van der Waals surface area contributed by atoms with Crippen molar-refractivity contribution >= 4 is 28.4 Å². The number of nitrogens with one attached hydrogen (secondary N) is 4. The van der Waals surface area contributed by atoms with Crippen molar-refractivity contribution in [1.82, 2.24) is 25.6 Å². The molecule has 4 aliphatic rings. The molecule has 7 heterocycles. The van der Waals surface area contributed by atoms with Crippen molar-refractivity contribution in [3.05, 3.63) is 95.3 Å². The number of H-pyrrole nitrogens is 1. The molecule has 12 heteroatoms. The Hall–Kier alpha value is -5.88. The minimum atomic E-state index is -1.30. The van der Waals surface area contributed by atoms with Crippen LogP contribution in [0.2, 0.25) is 0 Å². The highest BCUT2D eigenvalue weighted by Gasteiger charge is 2.61. The number of aliphatic hydroxyl groups excluding tert-OH is 1. The summed E-state index contributed by atoms with van der Waals surface area (Å²) in [7, 11) is 0. The Balaban J connectivity index is 1.31. The van der Waals surface area contributed by atoms with Gasteiger partial charge in [0.25, 0.3) is 0 Å². The fourth-order valence-electron chi connectivity index (χ4n) is 8.15. The number of para-hydroxylation sites is 1. The number of anilines is 1. The van der Waals surface area contributed by atoms with Gasteiger partial charge in [0.15, 0.2) is 23.4 Å². The lowest BCUT2D eigenvalue weighted by atomic mass is 9.72. The largest absolute Gasteiger partial charge is 0.469 e. The number of ether oxygens (including phenoxy) is 1. The zero-order chi connectivity index (χ0) is 34.1. The molecule has 0 saturated heterocycles. The summed E-state index contributed by atoms with van der Waals surface area (Å²) in [5.41, 5.74) is 6.61. The summed E-state index contributed by atoms with van der Waals surface area (Å²) in [5.74, 6) is 0.993. The Kier molecular flexibility index (Phi) is 5.86. The van der Waals surface area contributed by atoms with Gasteiger partial charge in [0, 0.05) is 51.5 Å². The molecule has 0 radical (unpaired) electrons. The summed E-state index contributed by atoms with van der Waals surface area (Å²) in [6.07, 6.45) is 1.88. The van der Waals surface area contributed by atoms with Crippen molar-refractivity contribution in [3.8, 4) is 39.8 Å². The van der Waals surface area contributed by atoms with E-state index in [9.17, 15) is 14.7 Å². The van der Waals surface area contributed by atoms with E-state index in [0.29, 0.717) is 23.0 Å². The number of fused-ring (bicyclic) bond motifs is 7. The number of rotatable bonds is 3. The van der Waals surface area contributed by atoms with Crippen LogP contribution in [-0.4, -0.2) is 50.2 Å². The van der Waals surface area contributed by atoms with E-state index in [1.807, 2.05) is 50.4 Å². The fraction of sp³-hybridized carbons (Fsp3) is 0.263. The van der Waals surface area contributed by atoms with Crippen LogP contribution in [0.4, 0.5) is 5.69 Å². The van der Waals surface area contributed by atoms with Crippen molar-refractivity contribution < 1.29 is 28.3 Å². The van der Waals surface area contributed by atoms with Gasteiger partial charge in [-0.05, 0) is 36.1 Å². The van der Waals surface area contributed by atoms with Gasteiger partial charge in [-0.2, -0.15) is 0 Å². The van der Waals surface area contributed by atoms with Gasteiger partial charge in [0.1, 0.15) is 29.4 Å². The lowest BCUT2D eigenvalue weighted by Crippen LogP contribution is -2.51. The molecule has 250 valence electrons. The van der Waals surface area contributed by atoms with Gasteiger partial charge in [0.05, 0.1) is 6.20 Å². The van der Waals surface area contributed by atoms with Crippen molar-refractivity contribution in [1.29, 1.82) is 0 Å². The number of hydrogen-bond acceptors (Lipinski definition) is 9. The van der Waals surface area contributed by atoms with E-state index in [4.69, 9.17) is 23.5 Å². The number of aliphatic hydroxyl groups is 1. The van der Waals surface area contributed by atoms with Crippen LogP contribution in [0.3, 0.4) is 0 Å². The molecule has 0 saturated carbocycles. The van der Waals surface area contributed by atoms with Crippen LogP contribution in [0.1, 0.15) is 55.2 Å². The number of carbonyl (C=O) groups excluding carboxylic acids is 2. The standard InChI is InChI=1S/C38H32N6O6/c1-16(2)29-36-43-31-32(50-36)38-22-8-4-7-20(19-6-5-9-24-28(19)21(14-39-24)27-15-40-35(31)48-27)30(22)44-37(38)49-26-11-10-18(12-23(26)38)13-25(34(47)42-29)41-33(46)17(3)45/h4-12,14-17,25,29,37,39,44-45H,13H2,1-3H3,(H,41,46)(H,42,47)/t17-,25-,29-,37?,38?/m0/s1. The minimum absolute atomic E-state index is 0.165. The fourth-order valence-corrected chi connectivity index (χ4v) is 8.15. The monoisotopic (exact) mass is 668 g/mol. The van der Waals surface area contributed by atoms with Gasteiger partial charge in [-0.15, -0.1) is 0 Å². The first-order valence-electron chi connectivity index (χ1n) is 16.8. The second kappa shape index (κ2) is 10.1. The van der Waals surface area contributed by atoms with Crippen molar-refractivity contribution in [2.75, 3.05) is 5.32 Å². The van der Waals surface area contributed by atoms with Crippen LogP contribution in [0, 0.1) is 5.92 Å². The van der Waals surface area contributed by atoms with Gasteiger partial charge < -0.3 is 39.6 Å². The van der Waals surface area contributed by atoms with Crippen molar-refractivity contribution in [2.45, 2.75) is 57.0 Å². The van der Waals surface area contributed by atoms with E-state index >= 15 is 0 Å². The smallest absolute Gasteiger partial charge is 0.249 e. The Morgan fingerprint density at radius 1 is 1.02 bits per heavy atom. The summed E-state index contributed by atoms with van der Waals surface area (Å²) >= 11 is 0. The quantitative estimate of drug-likeness (QED) is 0.171. The Labute approximate surface area is 285 Å². The van der Waals surface area contributed by atoms with Crippen LogP contribution in [0.15, 0.2) is 75.8 Å². The van der Waals surface area contributed by atoms with Crippen LogP contribution >= 0.6 is 0 Å². The molecule has 12 nitrogen and oxygen atoms in total. The van der Waals surface area contributed by atoms with Gasteiger partial charge >= 0.3 is 0 Å². The Bertz CT molecular complexity index is 2420. The Morgan fingerprint density at radius 2 is 1.86 bits per heavy atom. The third kappa shape index (κ3) is 3.79. The average molecular weight is 669 g/mol. The predicted octanol–water partition coefficient (Wildman–Crippen LogP) is 5.17. The van der Waals surface area contributed by atoms with Crippen molar-refractivity contribution in [3.63, 3.8) is 0 Å². The normalized spacial score (nSPS) is 22.9. The molecule has 1 spiro atoms. The number of aromatic amines is 1. The van der Waals surface area contributed by atoms with E-state index in [2.05, 4.69) is 45.2 Å². The van der Waals surface area contributed by atoms with Gasteiger partial charge in [-0.3, -0.25) is 9.59 Å². The molecule has 2 unspecified atom stereocenters. The first-order valence-corrected chi connectivity index (χ1v) is 16.8. The van der Waals surface area contributed by atoms with Crippen LogP contribution < -0.4 is 20.7 Å². The molecule has 0 aliphatic carbocycles. The summed E-state index contributed by atoms with van der Waals surface area (Å²) in [5, 5.41) is 20.6. The Morgan fingerprint density at radius 3 is 2.70 bits per heavy atom. The maximum absolute atomic E-state index is 14.0. The van der Waals surface area contributed by atoms with Crippen LogP contribution in [-0.2, 0) is 21.4 Å². The number of aromatic nitrogens is 3. The zero-order valence-electron chi connectivity index (χ0n) is 27.3. The molecule has 5 N–H and O–H groups in total. The molecule has 5 atom stereocenters. The highest BCUT2D eigenvalue weighted by Crippen LogP contribution is 2.61. The van der Waals surface area contributed by atoms with E-state index in [-0.39, 0.29) is 24.1 Å². The second-order valence-corrected chi connectivity index (χ2v) is 13.9. The second-order valence-electron chi connectivity index (χ2n) is 13.9. The molecule has 2 amide bonds. The molecule has 50 heavy (non-hydrogen) atoms. The van der Waals surface area contributed by atoms with E-state index in [1.165, 1.54) is 6.92 Å². The number of nitrogens with zero attached hydrogens (tertiary/aromatic N) is 2. The average Bonchev–Trinajstić information content (AvgIpc) is 3.92. The number of carbonyl (C=O) groups is 2. The lowest BCUT2D eigenvalue weighted by molar-refractivity contribution is -0.133. The minimum Gasteiger partial charge on any atom is -0.469 e. The number of oxazole rings is 2. The number of benzene rings is 3. The highest BCUT2D eigenvalue weighted by molar-refractivity contribution is 6.07. The molecule has 10 rings (SSSR count). The van der Waals surface area contributed by atoms with E-state index in [0.717, 1.165) is 50.0 Å². The molecular formula is C38H32N6O6. The molecule has 4 aliphatic heterocycles. The van der Waals surface area contributed by atoms with E-state index < -0.39 is 41.6 Å². The molecule has 3 aromatic carbocycles. The van der Waals surface area contributed by atoms with Crippen LogP contribution in [0.5, 0.6) is 5.75 Å². The first-order chi connectivity index (χ1) is 24.2. The summed E-state index contributed by atoms with van der Waals surface area (Å²) in [6.45, 7) is 5.29. The first kappa shape index (κ1) is 29.1. The molecule has 6 aromatic rings. The van der Waals surface area contributed by atoms with Crippen molar-refractivity contribution in [2.24, 2.45) is 5.92 Å². The topological polar surface area (TPSA) is 168 Å². The number of amides is 2. The molecule has 10 bridgehead atoms. The number of hydrogen-bond donors (Lipinski definition) is 5. The highest BCUT2D eigenvalue weighted by atomic mass is 16.5. The van der Waals surface area contributed by atoms with Crippen LogP contribution in [0.25, 0.3) is 44.9 Å². The SMILES string of the molecule is CC(C)[C@@H]1NC(=O)[C@@H](NC(=O)[C@H](C)O)Cc2ccc3c(c2)C24c5cccc(c5NC2O3)-c2cccc3[nH]cc(c23)-c2cnc(o2)-c2nc1oc24. The lowest BCUT2D eigenvalue weighted by Gasteiger charge is -2.29. The van der Waals surface area contributed by atoms with Gasteiger partial charge in [-0.1, -0.05) is 56.3 Å². The summed E-state index contributed by atoms with van der Waals surface area (Å²) in [4.78, 5) is 40.0. The van der Waals surface area contributed by atoms with Gasteiger partial charge in [-0.25, -0.2) is 9.97 Å². The predicted molar refractivity (Wildman–Crippen MR) is 182 cm³/mol. The maximum Gasteiger partial charge on any atom is 0.249 e.